The van der Waals surface area contributed by atoms with E-state index in [0.29, 0.717) is 10.8 Å². The predicted octanol–water partition coefficient (Wildman–Crippen LogP) is 3.36. The molecule has 0 radical (unpaired) electrons. The van der Waals surface area contributed by atoms with Gasteiger partial charge < -0.3 is 0 Å². The highest BCUT2D eigenvalue weighted by Crippen LogP contribution is 2.28. The van der Waals surface area contributed by atoms with Gasteiger partial charge >= 0.3 is 0 Å². The lowest BCUT2D eigenvalue weighted by atomic mass is 10.3. The summed E-state index contributed by atoms with van der Waals surface area (Å²) in [6, 6.07) is 1.37. The number of nitrogens with zero attached hydrogens (tertiary/aromatic N) is 1. The SMILES string of the molecule is O=Cc1nc(C(F)F)c(Br)cc1Br. The average molecular weight is 315 g/mol. The number of pyridine rings is 1. The maximum absolute atomic E-state index is 12.3. The molecule has 0 saturated carbocycles. The van der Waals surface area contributed by atoms with Crippen LogP contribution in [0.1, 0.15) is 22.6 Å². The van der Waals surface area contributed by atoms with Gasteiger partial charge in [0.1, 0.15) is 11.4 Å². The van der Waals surface area contributed by atoms with Crippen molar-refractivity contribution >= 4 is 38.1 Å². The van der Waals surface area contributed by atoms with Gasteiger partial charge in [-0.25, -0.2) is 13.8 Å². The summed E-state index contributed by atoms with van der Waals surface area (Å²) in [5.41, 5.74) is -0.455. The topological polar surface area (TPSA) is 30.0 Å². The first kappa shape index (κ1) is 10.7. The lowest BCUT2D eigenvalue weighted by molar-refractivity contribution is 0.111. The first-order valence-electron chi connectivity index (χ1n) is 3.15. The second-order valence-electron chi connectivity index (χ2n) is 2.14. The largest absolute Gasteiger partial charge is 0.296 e. The molecule has 1 aromatic rings. The van der Waals surface area contributed by atoms with E-state index < -0.39 is 12.1 Å². The summed E-state index contributed by atoms with van der Waals surface area (Å²) in [5.74, 6) is 0. The smallest absolute Gasteiger partial charge is 0.281 e. The van der Waals surface area contributed by atoms with Crippen molar-refractivity contribution in [3.63, 3.8) is 0 Å². The number of aldehydes is 1. The minimum Gasteiger partial charge on any atom is -0.296 e. The zero-order valence-corrected chi connectivity index (χ0v) is 9.27. The van der Waals surface area contributed by atoms with Crippen molar-refractivity contribution in [2.24, 2.45) is 0 Å². The molecule has 0 aliphatic carbocycles. The van der Waals surface area contributed by atoms with E-state index in [-0.39, 0.29) is 10.2 Å². The van der Waals surface area contributed by atoms with Crippen molar-refractivity contribution in [2.45, 2.75) is 6.43 Å². The summed E-state index contributed by atoms with van der Waals surface area (Å²) in [5, 5.41) is 0. The Hall–Kier alpha value is -0.360. The van der Waals surface area contributed by atoms with Gasteiger partial charge in [0.05, 0.1) is 0 Å². The fourth-order valence-corrected chi connectivity index (χ4v) is 1.94. The van der Waals surface area contributed by atoms with Crippen molar-refractivity contribution in [3.8, 4) is 0 Å². The van der Waals surface area contributed by atoms with Crippen LogP contribution in [-0.2, 0) is 0 Å². The van der Waals surface area contributed by atoms with E-state index >= 15 is 0 Å². The zero-order valence-electron chi connectivity index (χ0n) is 6.10. The van der Waals surface area contributed by atoms with Crippen LogP contribution in [0.5, 0.6) is 0 Å². The van der Waals surface area contributed by atoms with Crippen LogP contribution in [0.3, 0.4) is 0 Å². The third-order valence-corrected chi connectivity index (χ3v) is 2.57. The van der Waals surface area contributed by atoms with E-state index in [9.17, 15) is 13.6 Å². The molecule has 1 heterocycles. The molecule has 2 nitrogen and oxygen atoms in total. The van der Waals surface area contributed by atoms with Crippen LogP contribution in [0.2, 0.25) is 0 Å². The van der Waals surface area contributed by atoms with Crippen LogP contribution in [0.15, 0.2) is 15.0 Å². The van der Waals surface area contributed by atoms with Crippen LogP contribution in [0.4, 0.5) is 8.78 Å². The number of hydrogen-bond donors (Lipinski definition) is 0. The maximum atomic E-state index is 12.3. The number of carbonyl (C=O) groups excluding carboxylic acids is 1. The zero-order chi connectivity index (χ0) is 10.0. The molecule has 0 atom stereocenters. The highest BCUT2D eigenvalue weighted by atomic mass is 79.9. The lowest BCUT2D eigenvalue weighted by Gasteiger charge is -2.04. The van der Waals surface area contributed by atoms with Crippen LogP contribution < -0.4 is 0 Å². The Morgan fingerprint density at radius 2 is 2.00 bits per heavy atom. The highest BCUT2D eigenvalue weighted by Gasteiger charge is 2.16. The second kappa shape index (κ2) is 4.23. The van der Waals surface area contributed by atoms with E-state index in [2.05, 4.69) is 36.8 Å². The molecule has 0 unspecified atom stereocenters. The molecule has 13 heavy (non-hydrogen) atoms. The lowest BCUT2D eigenvalue weighted by Crippen LogP contribution is -1.97. The van der Waals surface area contributed by atoms with Crippen LogP contribution in [0, 0.1) is 0 Å². The molecule has 0 amide bonds. The Morgan fingerprint density at radius 3 is 2.46 bits per heavy atom. The minimum atomic E-state index is -2.69. The van der Waals surface area contributed by atoms with Gasteiger partial charge in [0.2, 0.25) is 0 Å². The van der Waals surface area contributed by atoms with Gasteiger partial charge in [-0.3, -0.25) is 4.79 Å². The van der Waals surface area contributed by atoms with Gasteiger partial charge in [0.25, 0.3) is 6.43 Å². The number of hydrogen-bond acceptors (Lipinski definition) is 2. The summed E-state index contributed by atoms with van der Waals surface area (Å²) in [7, 11) is 0. The molecule has 1 rings (SSSR count). The summed E-state index contributed by atoms with van der Waals surface area (Å²) >= 11 is 5.94. The predicted molar refractivity (Wildman–Crippen MR) is 50.0 cm³/mol. The monoisotopic (exact) mass is 313 g/mol. The summed E-state index contributed by atoms with van der Waals surface area (Å²) in [4.78, 5) is 13.8. The van der Waals surface area contributed by atoms with Crippen molar-refractivity contribution < 1.29 is 13.6 Å². The Balaban J connectivity index is 3.30. The fraction of sp³-hybridized carbons (Fsp3) is 0.143. The Kier molecular flexibility index (Phi) is 3.49. The highest BCUT2D eigenvalue weighted by molar-refractivity contribution is 9.11. The molecule has 0 saturated heterocycles. The molecule has 0 aliphatic rings. The summed E-state index contributed by atoms with van der Waals surface area (Å²) in [6.07, 6.45) is -2.27. The third-order valence-electron chi connectivity index (χ3n) is 1.30. The molecule has 6 heteroatoms. The van der Waals surface area contributed by atoms with E-state index in [0.717, 1.165) is 0 Å². The summed E-state index contributed by atoms with van der Waals surface area (Å²) in [6.45, 7) is 0. The number of carbonyl (C=O) groups is 1. The van der Waals surface area contributed by atoms with Gasteiger partial charge in [0.15, 0.2) is 6.29 Å². The van der Waals surface area contributed by atoms with Crippen LogP contribution >= 0.6 is 31.9 Å². The van der Waals surface area contributed by atoms with Crippen molar-refractivity contribution in [1.29, 1.82) is 0 Å². The molecule has 0 fully saturated rings. The van der Waals surface area contributed by atoms with E-state index in [1.165, 1.54) is 6.07 Å². The number of alkyl halides is 2. The second-order valence-corrected chi connectivity index (χ2v) is 3.85. The normalized spacial score (nSPS) is 10.5. The standard InChI is InChI=1S/C7H3Br2F2NO/c8-3-1-4(9)6(7(10)11)12-5(3)2-13/h1-2,7H. The average Bonchev–Trinajstić information content (AvgIpc) is 2.03. The minimum absolute atomic E-state index is 0.0292. The van der Waals surface area contributed by atoms with Crippen LogP contribution in [-0.4, -0.2) is 11.3 Å². The maximum Gasteiger partial charge on any atom is 0.281 e. The van der Waals surface area contributed by atoms with Gasteiger partial charge in [-0.2, -0.15) is 0 Å². The van der Waals surface area contributed by atoms with Crippen molar-refractivity contribution in [3.05, 3.63) is 26.4 Å². The third kappa shape index (κ3) is 2.31. The van der Waals surface area contributed by atoms with Crippen LogP contribution in [0.25, 0.3) is 0 Å². The first-order valence-corrected chi connectivity index (χ1v) is 4.74. The van der Waals surface area contributed by atoms with Gasteiger partial charge in [-0.1, -0.05) is 0 Å². The number of halogens is 4. The molecule has 0 spiro atoms. The molecular formula is C7H3Br2F2NO. The first-order chi connectivity index (χ1) is 6.06. The molecule has 0 aromatic carbocycles. The van der Waals surface area contributed by atoms with Crippen molar-refractivity contribution in [2.75, 3.05) is 0 Å². The summed E-state index contributed by atoms with van der Waals surface area (Å²) < 4.78 is 25.1. The Morgan fingerprint density at radius 1 is 1.38 bits per heavy atom. The van der Waals surface area contributed by atoms with Gasteiger partial charge in [-0.15, -0.1) is 0 Å². The molecule has 0 aliphatic heterocycles. The molecular weight excluding hydrogens is 312 g/mol. The number of rotatable bonds is 2. The molecule has 0 N–H and O–H groups in total. The molecule has 0 bridgehead atoms. The number of aromatic nitrogens is 1. The van der Waals surface area contributed by atoms with Gasteiger partial charge in [-0.05, 0) is 37.9 Å². The van der Waals surface area contributed by atoms with E-state index in [1.807, 2.05) is 0 Å². The Bertz CT molecular complexity index is 344. The van der Waals surface area contributed by atoms with Crippen molar-refractivity contribution in [1.82, 2.24) is 4.98 Å². The van der Waals surface area contributed by atoms with E-state index in [1.54, 1.807) is 0 Å². The van der Waals surface area contributed by atoms with Gasteiger partial charge in [0, 0.05) is 8.95 Å². The Labute approximate surface area is 89.6 Å². The van der Waals surface area contributed by atoms with E-state index in [4.69, 9.17) is 0 Å². The quantitative estimate of drug-likeness (QED) is 0.784. The molecule has 70 valence electrons. The molecule has 1 aromatic heterocycles. The fourth-order valence-electron chi connectivity index (χ4n) is 0.731.